The Hall–Kier alpha value is -1.43. The Morgan fingerprint density at radius 3 is 3.00 bits per heavy atom. The molecule has 1 saturated heterocycles. The smallest absolute Gasteiger partial charge is 0.222 e. The van der Waals surface area contributed by atoms with E-state index in [2.05, 4.69) is 15.3 Å². The molecule has 1 aromatic rings. The molecular weight excluding hydrogens is 223 g/mol. The molecule has 2 unspecified atom stereocenters. The van der Waals surface area contributed by atoms with E-state index in [-0.39, 0.29) is 23.9 Å². The largest absolute Gasteiger partial charge is 0.376 e. The zero-order chi connectivity index (χ0) is 11.8. The maximum atomic E-state index is 13.5. The number of ether oxygens (including phenoxy) is 1. The molecule has 1 aliphatic heterocycles. The molecule has 1 aromatic heterocycles. The van der Waals surface area contributed by atoms with Gasteiger partial charge in [0.25, 0.3) is 0 Å². The van der Waals surface area contributed by atoms with Crippen LogP contribution in [0.15, 0.2) is 6.20 Å². The first kappa shape index (κ1) is 10.7. The van der Waals surface area contributed by atoms with Crippen molar-refractivity contribution in [2.24, 2.45) is 5.92 Å². The number of nitrogens with zero attached hydrogens (tertiary/aromatic N) is 2. The quantitative estimate of drug-likeness (QED) is 0.827. The Kier molecular flexibility index (Phi) is 2.58. The summed E-state index contributed by atoms with van der Waals surface area (Å²) in [6.07, 6.45) is 4.57. The van der Waals surface area contributed by atoms with E-state index in [0.717, 1.165) is 19.2 Å². The Balaban J connectivity index is 1.74. The maximum Gasteiger partial charge on any atom is 0.222 e. The van der Waals surface area contributed by atoms with Gasteiger partial charge in [-0.05, 0) is 25.2 Å². The summed E-state index contributed by atoms with van der Waals surface area (Å²) < 4.78 is 19.2. The van der Waals surface area contributed by atoms with Crippen molar-refractivity contribution in [3.63, 3.8) is 0 Å². The minimum Gasteiger partial charge on any atom is -0.376 e. The fraction of sp³-hybridized carbons (Fsp3) is 0.636. The summed E-state index contributed by atoms with van der Waals surface area (Å²) in [7, 11) is 0. The van der Waals surface area contributed by atoms with Crippen molar-refractivity contribution < 1.29 is 9.13 Å². The molecule has 0 aromatic carbocycles. The van der Waals surface area contributed by atoms with Crippen LogP contribution in [0.25, 0.3) is 0 Å². The highest BCUT2D eigenvalue weighted by Crippen LogP contribution is 2.39. The van der Waals surface area contributed by atoms with Crippen LogP contribution in [-0.4, -0.2) is 28.7 Å². The summed E-state index contributed by atoms with van der Waals surface area (Å²) in [5.41, 5.74) is 5.45. The van der Waals surface area contributed by atoms with Gasteiger partial charge in [0.05, 0.1) is 18.3 Å². The molecule has 2 fully saturated rings. The van der Waals surface area contributed by atoms with Crippen LogP contribution in [0.1, 0.15) is 19.3 Å². The van der Waals surface area contributed by atoms with Gasteiger partial charge in [0.2, 0.25) is 5.95 Å². The van der Waals surface area contributed by atoms with E-state index in [9.17, 15) is 4.39 Å². The van der Waals surface area contributed by atoms with Crippen LogP contribution < -0.4 is 11.1 Å². The summed E-state index contributed by atoms with van der Waals surface area (Å²) in [6.45, 7) is 0.723. The van der Waals surface area contributed by atoms with Gasteiger partial charge in [-0.15, -0.1) is 0 Å². The van der Waals surface area contributed by atoms with Crippen molar-refractivity contribution in [3.8, 4) is 0 Å². The molecule has 0 amide bonds. The second-order valence-electron chi connectivity index (χ2n) is 4.64. The molecule has 5 nitrogen and oxygen atoms in total. The third kappa shape index (κ3) is 2.17. The van der Waals surface area contributed by atoms with Gasteiger partial charge in [-0.3, -0.25) is 0 Å². The molecule has 3 rings (SSSR count). The van der Waals surface area contributed by atoms with Crippen LogP contribution in [0, 0.1) is 11.7 Å². The Morgan fingerprint density at radius 1 is 1.41 bits per heavy atom. The fourth-order valence-corrected chi connectivity index (χ4v) is 2.31. The molecule has 17 heavy (non-hydrogen) atoms. The van der Waals surface area contributed by atoms with Crippen molar-refractivity contribution in [1.29, 1.82) is 0 Å². The van der Waals surface area contributed by atoms with E-state index in [1.807, 2.05) is 0 Å². The Labute approximate surface area is 98.6 Å². The second-order valence-corrected chi connectivity index (χ2v) is 4.64. The van der Waals surface area contributed by atoms with E-state index >= 15 is 0 Å². The number of halogens is 1. The predicted octanol–water partition coefficient (Wildman–Crippen LogP) is 1.18. The van der Waals surface area contributed by atoms with E-state index in [4.69, 9.17) is 10.5 Å². The first-order valence-corrected chi connectivity index (χ1v) is 5.90. The number of hydrogen-bond donors (Lipinski definition) is 2. The normalized spacial score (nSPS) is 28.3. The van der Waals surface area contributed by atoms with Crippen LogP contribution in [0.2, 0.25) is 0 Å². The number of aromatic nitrogens is 2. The highest BCUT2D eigenvalue weighted by atomic mass is 19.1. The van der Waals surface area contributed by atoms with Gasteiger partial charge in [-0.1, -0.05) is 0 Å². The molecule has 2 aliphatic rings. The van der Waals surface area contributed by atoms with Gasteiger partial charge < -0.3 is 15.8 Å². The van der Waals surface area contributed by atoms with Crippen LogP contribution in [0.3, 0.4) is 0 Å². The summed E-state index contributed by atoms with van der Waals surface area (Å²) in [5, 5.41) is 3.09. The second kappa shape index (κ2) is 4.10. The first-order valence-electron chi connectivity index (χ1n) is 5.90. The lowest BCUT2D eigenvalue weighted by molar-refractivity contribution is 0.0897. The molecule has 3 N–H and O–H groups in total. The van der Waals surface area contributed by atoms with Crippen LogP contribution in [0.4, 0.5) is 16.2 Å². The number of nitrogen functional groups attached to an aromatic ring is 1. The number of hydrogen-bond acceptors (Lipinski definition) is 5. The third-order valence-electron chi connectivity index (χ3n) is 3.31. The van der Waals surface area contributed by atoms with Crippen LogP contribution >= 0.6 is 0 Å². The average molecular weight is 238 g/mol. The van der Waals surface area contributed by atoms with E-state index in [1.54, 1.807) is 0 Å². The van der Waals surface area contributed by atoms with Gasteiger partial charge in [0.15, 0.2) is 11.6 Å². The number of nitrogens with one attached hydrogen (secondary N) is 1. The van der Waals surface area contributed by atoms with E-state index in [0.29, 0.717) is 5.92 Å². The fourth-order valence-electron chi connectivity index (χ4n) is 2.31. The molecule has 0 radical (unpaired) electrons. The Bertz CT molecular complexity index is 424. The molecule has 6 heteroatoms. The van der Waals surface area contributed by atoms with Crippen molar-refractivity contribution in [1.82, 2.24) is 9.97 Å². The van der Waals surface area contributed by atoms with Crippen molar-refractivity contribution in [3.05, 3.63) is 12.0 Å². The molecular formula is C11H15FN4O. The zero-order valence-electron chi connectivity index (χ0n) is 9.40. The van der Waals surface area contributed by atoms with Crippen molar-refractivity contribution >= 4 is 11.8 Å². The average Bonchev–Trinajstić information content (AvgIpc) is 3.05. The number of rotatable bonds is 3. The van der Waals surface area contributed by atoms with Crippen molar-refractivity contribution in [2.45, 2.75) is 31.4 Å². The molecule has 0 spiro atoms. The van der Waals surface area contributed by atoms with Gasteiger partial charge in [0, 0.05) is 6.61 Å². The molecule has 1 saturated carbocycles. The molecule has 1 aliphatic carbocycles. The highest BCUT2D eigenvalue weighted by molar-refractivity contribution is 5.40. The SMILES string of the molecule is Nc1ncc(F)c(NC2CCOC2C2CC2)n1. The van der Waals surface area contributed by atoms with Crippen molar-refractivity contribution in [2.75, 3.05) is 17.7 Å². The first-order chi connectivity index (χ1) is 8.24. The Morgan fingerprint density at radius 2 is 2.24 bits per heavy atom. The minimum absolute atomic E-state index is 0.0794. The summed E-state index contributed by atoms with van der Waals surface area (Å²) in [5.74, 6) is 0.410. The van der Waals surface area contributed by atoms with E-state index < -0.39 is 5.82 Å². The van der Waals surface area contributed by atoms with Gasteiger partial charge in [-0.2, -0.15) is 4.98 Å². The number of nitrogens with two attached hydrogens (primary N) is 1. The summed E-state index contributed by atoms with van der Waals surface area (Å²) in [4.78, 5) is 7.48. The third-order valence-corrected chi connectivity index (χ3v) is 3.31. The van der Waals surface area contributed by atoms with E-state index in [1.165, 1.54) is 12.8 Å². The molecule has 0 bridgehead atoms. The maximum absolute atomic E-state index is 13.5. The van der Waals surface area contributed by atoms with Gasteiger partial charge in [-0.25, -0.2) is 9.37 Å². The zero-order valence-corrected chi connectivity index (χ0v) is 9.40. The van der Waals surface area contributed by atoms with Crippen LogP contribution in [-0.2, 0) is 4.74 Å². The topological polar surface area (TPSA) is 73.1 Å². The molecule has 2 heterocycles. The summed E-state index contributed by atoms with van der Waals surface area (Å²) in [6, 6.07) is 0.131. The summed E-state index contributed by atoms with van der Waals surface area (Å²) >= 11 is 0. The monoisotopic (exact) mass is 238 g/mol. The molecule has 92 valence electrons. The lowest BCUT2D eigenvalue weighted by atomic mass is 10.1. The standard InChI is InChI=1S/C11H15FN4O/c12-7-5-14-11(13)16-10(7)15-8-3-4-17-9(8)6-1-2-6/h5-6,8-9H,1-4H2,(H3,13,14,15,16). The molecule has 2 atom stereocenters. The lowest BCUT2D eigenvalue weighted by Crippen LogP contribution is -2.31. The number of anilines is 2. The lowest BCUT2D eigenvalue weighted by Gasteiger charge is -2.20. The minimum atomic E-state index is -0.472. The highest BCUT2D eigenvalue weighted by Gasteiger charge is 2.40. The van der Waals surface area contributed by atoms with Gasteiger partial charge in [0.1, 0.15) is 0 Å². The predicted molar refractivity (Wildman–Crippen MR) is 60.9 cm³/mol. The van der Waals surface area contributed by atoms with Gasteiger partial charge >= 0.3 is 0 Å². The van der Waals surface area contributed by atoms with Crippen LogP contribution in [0.5, 0.6) is 0 Å².